The molecule has 1 N–H and O–H groups in total. The first-order valence-corrected chi connectivity index (χ1v) is 6.58. The lowest BCUT2D eigenvalue weighted by molar-refractivity contribution is 0.0379. The number of benzene rings is 1. The highest BCUT2D eigenvalue weighted by atomic mass is 16.3. The van der Waals surface area contributed by atoms with Gasteiger partial charge in [0.05, 0.1) is 5.60 Å². The summed E-state index contributed by atoms with van der Waals surface area (Å²) in [5.41, 5.74) is 3.74. The Bertz CT molecular complexity index is 420. The summed E-state index contributed by atoms with van der Waals surface area (Å²) in [6.07, 6.45) is 3.80. The van der Waals surface area contributed by atoms with Crippen LogP contribution in [0.25, 0.3) is 0 Å². The normalized spacial score (nSPS) is 27.4. The van der Waals surface area contributed by atoms with Crippen molar-refractivity contribution in [3.05, 3.63) is 34.9 Å². The molecule has 1 unspecified atom stereocenters. The van der Waals surface area contributed by atoms with E-state index in [0.29, 0.717) is 5.41 Å². The van der Waals surface area contributed by atoms with E-state index in [0.717, 1.165) is 25.7 Å². The zero-order chi connectivity index (χ0) is 12.7. The lowest BCUT2D eigenvalue weighted by Gasteiger charge is -2.25. The zero-order valence-electron chi connectivity index (χ0n) is 11.5. The third-order valence-corrected chi connectivity index (χ3v) is 4.18. The van der Waals surface area contributed by atoms with Gasteiger partial charge in [-0.05, 0) is 55.2 Å². The maximum Gasteiger partial charge on any atom is 0.0693 e. The van der Waals surface area contributed by atoms with Crippen molar-refractivity contribution in [3.63, 3.8) is 0 Å². The number of aliphatic hydroxyl groups is 1. The Kier molecular flexibility index (Phi) is 3.07. The van der Waals surface area contributed by atoms with Gasteiger partial charge in [0, 0.05) is 6.42 Å². The van der Waals surface area contributed by atoms with Gasteiger partial charge in [-0.3, -0.25) is 0 Å². The topological polar surface area (TPSA) is 20.2 Å². The molecular weight excluding hydrogens is 208 g/mol. The smallest absolute Gasteiger partial charge is 0.0693 e. The predicted molar refractivity (Wildman–Crippen MR) is 72.2 cm³/mol. The Hall–Kier alpha value is -0.820. The number of rotatable bonds is 2. The van der Waals surface area contributed by atoms with E-state index in [-0.39, 0.29) is 0 Å². The molecule has 1 fully saturated rings. The van der Waals surface area contributed by atoms with Gasteiger partial charge in [-0.1, -0.05) is 32.0 Å². The van der Waals surface area contributed by atoms with Crippen LogP contribution in [0.3, 0.4) is 0 Å². The quantitative estimate of drug-likeness (QED) is 0.822. The summed E-state index contributed by atoms with van der Waals surface area (Å²) < 4.78 is 0. The second kappa shape index (κ2) is 4.13. The average Bonchev–Trinajstić information content (AvgIpc) is 2.47. The fourth-order valence-electron chi connectivity index (χ4n) is 3.08. The number of aryl methyl sites for hydroxylation is 2. The molecule has 1 nitrogen and oxygen atoms in total. The first-order chi connectivity index (χ1) is 7.80. The minimum Gasteiger partial charge on any atom is -0.390 e. The minimum atomic E-state index is -0.481. The SMILES string of the molecule is Cc1ccc(CC2(O)CCC(C)(C)C2)cc1C. The van der Waals surface area contributed by atoms with Gasteiger partial charge in [0.1, 0.15) is 0 Å². The van der Waals surface area contributed by atoms with Gasteiger partial charge in [-0.25, -0.2) is 0 Å². The van der Waals surface area contributed by atoms with Crippen molar-refractivity contribution in [2.45, 2.75) is 59.0 Å². The van der Waals surface area contributed by atoms with Crippen molar-refractivity contribution in [1.82, 2.24) is 0 Å². The molecule has 17 heavy (non-hydrogen) atoms. The predicted octanol–water partition coefficient (Wildman–Crippen LogP) is 3.79. The minimum absolute atomic E-state index is 0.300. The van der Waals surface area contributed by atoms with Gasteiger partial charge in [-0.15, -0.1) is 0 Å². The first-order valence-electron chi connectivity index (χ1n) is 6.58. The summed E-state index contributed by atoms with van der Waals surface area (Å²) in [7, 11) is 0. The Morgan fingerprint density at radius 1 is 1.12 bits per heavy atom. The van der Waals surface area contributed by atoms with Gasteiger partial charge >= 0.3 is 0 Å². The summed E-state index contributed by atoms with van der Waals surface area (Å²) in [6, 6.07) is 6.54. The molecule has 0 bridgehead atoms. The average molecular weight is 232 g/mol. The van der Waals surface area contributed by atoms with Crippen molar-refractivity contribution in [2.75, 3.05) is 0 Å². The summed E-state index contributed by atoms with van der Waals surface area (Å²) >= 11 is 0. The molecule has 0 aliphatic heterocycles. The molecule has 0 heterocycles. The standard InChI is InChI=1S/C16H24O/c1-12-5-6-14(9-13(12)2)10-16(17)8-7-15(3,4)11-16/h5-6,9,17H,7-8,10-11H2,1-4H3. The van der Waals surface area contributed by atoms with E-state index in [4.69, 9.17) is 0 Å². The van der Waals surface area contributed by atoms with Crippen LogP contribution in [0.1, 0.15) is 49.8 Å². The molecule has 0 aromatic heterocycles. The van der Waals surface area contributed by atoms with Crippen LogP contribution >= 0.6 is 0 Å². The molecule has 1 aliphatic carbocycles. The maximum absolute atomic E-state index is 10.6. The summed E-state index contributed by atoms with van der Waals surface area (Å²) in [6.45, 7) is 8.78. The van der Waals surface area contributed by atoms with E-state index < -0.39 is 5.60 Å². The van der Waals surface area contributed by atoms with Gasteiger partial charge in [0.15, 0.2) is 0 Å². The van der Waals surface area contributed by atoms with E-state index in [1.54, 1.807) is 0 Å². The van der Waals surface area contributed by atoms with Crippen LogP contribution in [0.5, 0.6) is 0 Å². The molecule has 0 radical (unpaired) electrons. The van der Waals surface area contributed by atoms with Gasteiger partial charge in [-0.2, -0.15) is 0 Å². The molecule has 1 heteroatoms. The maximum atomic E-state index is 10.6. The number of hydrogen-bond donors (Lipinski definition) is 1. The second-order valence-corrected chi connectivity index (χ2v) is 6.66. The van der Waals surface area contributed by atoms with Gasteiger partial charge < -0.3 is 5.11 Å². The third-order valence-electron chi connectivity index (χ3n) is 4.18. The second-order valence-electron chi connectivity index (χ2n) is 6.66. The van der Waals surface area contributed by atoms with Gasteiger partial charge in [0.25, 0.3) is 0 Å². The van der Waals surface area contributed by atoms with Crippen molar-refractivity contribution >= 4 is 0 Å². The van der Waals surface area contributed by atoms with Crippen molar-refractivity contribution in [2.24, 2.45) is 5.41 Å². The Morgan fingerprint density at radius 3 is 2.35 bits per heavy atom. The van der Waals surface area contributed by atoms with E-state index in [9.17, 15) is 5.11 Å². The van der Waals surface area contributed by atoms with E-state index in [2.05, 4.69) is 45.9 Å². The number of hydrogen-bond acceptors (Lipinski definition) is 1. The molecule has 0 saturated heterocycles. The molecule has 2 rings (SSSR count). The fourth-order valence-corrected chi connectivity index (χ4v) is 3.08. The summed E-state index contributed by atoms with van der Waals surface area (Å²) in [5.74, 6) is 0. The Labute approximate surface area is 105 Å². The molecule has 1 aromatic rings. The van der Waals surface area contributed by atoms with Crippen LogP contribution in [0.15, 0.2) is 18.2 Å². The van der Waals surface area contributed by atoms with Crippen LogP contribution in [0, 0.1) is 19.3 Å². The van der Waals surface area contributed by atoms with Crippen LogP contribution in [-0.4, -0.2) is 10.7 Å². The lowest BCUT2D eigenvalue weighted by atomic mass is 9.86. The summed E-state index contributed by atoms with van der Waals surface area (Å²) in [5, 5.41) is 10.6. The highest BCUT2D eigenvalue weighted by Gasteiger charge is 2.41. The highest BCUT2D eigenvalue weighted by Crippen LogP contribution is 2.44. The van der Waals surface area contributed by atoms with Crippen molar-refractivity contribution in [1.29, 1.82) is 0 Å². The Balaban J connectivity index is 2.13. The van der Waals surface area contributed by atoms with E-state index >= 15 is 0 Å². The monoisotopic (exact) mass is 232 g/mol. The first kappa shape index (κ1) is 12.6. The van der Waals surface area contributed by atoms with Crippen LogP contribution in [-0.2, 0) is 6.42 Å². The Morgan fingerprint density at radius 2 is 1.82 bits per heavy atom. The summed E-state index contributed by atoms with van der Waals surface area (Å²) in [4.78, 5) is 0. The molecule has 1 aliphatic rings. The van der Waals surface area contributed by atoms with E-state index in [1.165, 1.54) is 16.7 Å². The highest BCUT2D eigenvalue weighted by molar-refractivity contribution is 5.31. The molecule has 1 saturated carbocycles. The molecule has 94 valence electrons. The van der Waals surface area contributed by atoms with Crippen LogP contribution in [0.4, 0.5) is 0 Å². The van der Waals surface area contributed by atoms with Gasteiger partial charge in [0.2, 0.25) is 0 Å². The fraction of sp³-hybridized carbons (Fsp3) is 0.625. The van der Waals surface area contributed by atoms with E-state index in [1.807, 2.05) is 0 Å². The molecule has 1 atom stereocenters. The molecule has 0 amide bonds. The zero-order valence-corrected chi connectivity index (χ0v) is 11.5. The lowest BCUT2D eigenvalue weighted by Crippen LogP contribution is -2.29. The largest absolute Gasteiger partial charge is 0.390 e. The van der Waals surface area contributed by atoms with Crippen LogP contribution in [0.2, 0.25) is 0 Å². The molecule has 0 spiro atoms. The third kappa shape index (κ3) is 2.90. The molecule has 1 aromatic carbocycles. The van der Waals surface area contributed by atoms with Crippen molar-refractivity contribution < 1.29 is 5.11 Å². The molecular formula is C16H24O. The van der Waals surface area contributed by atoms with Crippen molar-refractivity contribution in [3.8, 4) is 0 Å². The van der Waals surface area contributed by atoms with Crippen LogP contribution < -0.4 is 0 Å².